The third-order valence-corrected chi connectivity index (χ3v) is 5.51. The van der Waals surface area contributed by atoms with Gasteiger partial charge in [0.05, 0.1) is 25.0 Å². The molecule has 0 radical (unpaired) electrons. The van der Waals surface area contributed by atoms with E-state index in [0.717, 1.165) is 17.0 Å². The second-order valence-corrected chi connectivity index (χ2v) is 8.65. The molecule has 0 bridgehead atoms. The maximum atomic E-state index is 8.56. The van der Waals surface area contributed by atoms with Crippen LogP contribution in [0, 0.1) is 13.0 Å². The molecule has 174 valence electrons. The Balaban J connectivity index is 0.000000398. The van der Waals surface area contributed by atoms with Gasteiger partial charge in [-0.25, -0.2) is 4.98 Å². The summed E-state index contributed by atoms with van der Waals surface area (Å²) in [6.45, 7) is 9.75. The number of hydrogen-bond acceptors (Lipinski definition) is 5. The average Bonchev–Trinajstić information content (AvgIpc) is 2.94. The summed E-state index contributed by atoms with van der Waals surface area (Å²) in [5.41, 5.74) is 7.64. The van der Waals surface area contributed by atoms with Crippen LogP contribution in [0.2, 0.25) is 0 Å². The zero-order chi connectivity index (χ0) is 22.8. The number of fused-ring (bicyclic) bond motifs is 3. The number of benzene rings is 2. The minimum Gasteiger partial charge on any atom is -0.486 e. The Labute approximate surface area is 205 Å². The molecule has 2 aromatic carbocycles. The molecule has 2 atom stereocenters. The second kappa shape index (κ2) is 10.7. The van der Waals surface area contributed by atoms with Crippen molar-refractivity contribution in [1.82, 2.24) is 9.97 Å². The molecule has 1 aliphatic carbocycles. The van der Waals surface area contributed by atoms with E-state index in [9.17, 15) is 0 Å². The van der Waals surface area contributed by atoms with E-state index in [2.05, 4.69) is 66.3 Å². The number of aryl methyl sites for hydroxylation is 1. The van der Waals surface area contributed by atoms with E-state index in [4.69, 9.17) is 14.9 Å². The number of rotatable bonds is 4. The summed E-state index contributed by atoms with van der Waals surface area (Å²) in [6, 6.07) is 16.2. The van der Waals surface area contributed by atoms with Crippen LogP contribution >= 0.6 is 0 Å². The normalized spacial score (nSPS) is 14.8. The monoisotopic (exact) mass is 614 g/mol. The van der Waals surface area contributed by atoms with Crippen molar-refractivity contribution in [1.29, 1.82) is 0 Å². The number of aliphatic hydroxyl groups is 2. The van der Waals surface area contributed by atoms with Crippen LogP contribution in [0.25, 0.3) is 22.4 Å². The number of nitrogens with zero attached hydrogens (tertiary/aromatic N) is 2. The Morgan fingerprint density at radius 2 is 1.72 bits per heavy atom. The van der Waals surface area contributed by atoms with Gasteiger partial charge in [0.15, 0.2) is 5.88 Å². The molecule has 3 aromatic rings. The van der Waals surface area contributed by atoms with Crippen LogP contribution in [0.1, 0.15) is 50.9 Å². The Kier molecular flexibility index (Phi) is 8.75. The molecule has 32 heavy (non-hydrogen) atoms. The van der Waals surface area contributed by atoms with Crippen molar-refractivity contribution in [2.24, 2.45) is 0 Å². The van der Waals surface area contributed by atoms with Crippen LogP contribution in [0.5, 0.6) is 5.88 Å². The van der Waals surface area contributed by atoms with Crippen LogP contribution < -0.4 is 4.74 Å². The van der Waals surface area contributed by atoms with Crippen LogP contribution in [-0.4, -0.2) is 39.5 Å². The number of ether oxygens (including phenoxy) is 1. The van der Waals surface area contributed by atoms with Gasteiger partial charge in [-0.05, 0) is 38.2 Å². The third-order valence-electron chi connectivity index (χ3n) is 5.51. The van der Waals surface area contributed by atoms with Gasteiger partial charge in [-0.1, -0.05) is 49.2 Å². The summed E-state index contributed by atoms with van der Waals surface area (Å²) in [5, 5.41) is 17.1. The largest absolute Gasteiger partial charge is 0.486 e. The van der Waals surface area contributed by atoms with E-state index in [0.29, 0.717) is 12.3 Å². The molecule has 0 saturated heterocycles. The molecule has 0 amide bonds. The molecule has 2 N–H and O–H groups in total. The molecule has 2 unspecified atom stereocenters. The van der Waals surface area contributed by atoms with Crippen LogP contribution in [0.4, 0.5) is 0 Å². The SMILES string of the molecule is CC(O)CC(C)O.COc1nc(C)cnc1-c1[c-]cc2c(c1)C(C)(C)c1ccccc1-2.[Pt]. The summed E-state index contributed by atoms with van der Waals surface area (Å²) in [4.78, 5) is 8.96. The zero-order valence-corrected chi connectivity index (χ0v) is 21.7. The summed E-state index contributed by atoms with van der Waals surface area (Å²) in [5.74, 6) is 0.541. The van der Waals surface area contributed by atoms with Crippen LogP contribution in [0.15, 0.2) is 42.6 Å². The molecule has 4 rings (SSSR count). The summed E-state index contributed by atoms with van der Waals surface area (Å²) < 4.78 is 5.42. The average molecular weight is 615 g/mol. The zero-order valence-electron chi connectivity index (χ0n) is 19.4. The predicted molar refractivity (Wildman–Crippen MR) is 123 cm³/mol. The van der Waals surface area contributed by atoms with Crippen molar-refractivity contribution in [2.75, 3.05) is 7.11 Å². The molecular formula is C26H31N2O3Pt-. The smallest absolute Gasteiger partial charge is 0.194 e. The van der Waals surface area contributed by atoms with Crippen molar-refractivity contribution in [3.05, 3.63) is 65.5 Å². The first kappa shape index (κ1) is 26.2. The fourth-order valence-corrected chi connectivity index (χ4v) is 4.05. The van der Waals surface area contributed by atoms with Crippen LogP contribution in [0.3, 0.4) is 0 Å². The topological polar surface area (TPSA) is 75.5 Å². The first-order valence-electron chi connectivity index (χ1n) is 10.5. The molecule has 0 fully saturated rings. The van der Waals surface area contributed by atoms with Gasteiger partial charge in [0, 0.05) is 33.0 Å². The maximum Gasteiger partial charge on any atom is 0.194 e. The predicted octanol–water partition coefficient (Wildman–Crippen LogP) is 4.70. The molecule has 6 heteroatoms. The maximum absolute atomic E-state index is 8.56. The quantitative estimate of drug-likeness (QED) is 0.417. The molecule has 0 aliphatic heterocycles. The van der Waals surface area contributed by atoms with Crippen molar-refractivity contribution >= 4 is 0 Å². The fourth-order valence-electron chi connectivity index (χ4n) is 4.05. The molecule has 0 spiro atoms. The molecular weight excluding hydrogens is 583 g/mol. The Morgan fingerprint density at radius 3 is 2.31 bits per heavy atom. The van der Waals surface area contributed by atoms with Gasteiger partial charge in [-0.15, -0.1) is 29.3 Å². The first-order chi connectivity index (χ1) is 14.6. The molecule has 1 aliphatic rings. The van der Waals surface area contributed by atoms with Gasteiger partial charge in [0.2, 0.25) is 0 Å². The van der Waals surface area contributed by atoms with Crippen molar-refractivity contribution in [3.8, 4) is 28.3 Å². The fraction of sp³-hybridized carbons (Fsp3) is 0.385. The van der Waals surface area contributed by atoms with Gasteiger partial charge in [-0.2, -0.15) is 0 Å². The van der Waals surface area contributed by atoms with Gasteiger partial charge >= 0.3 is 0 Å². The number of hydrogen-bond donors (Lipinski definition) is 2. The van der Waals surface area contributed by atoms with Gasteiger partial charge in [0.25, 0.3) is 0 Å². The second-order valence-electron chi connectivity index (χ2n) is 8.65. The van der Waals surface area contributed by atoms with E-state index in [1.807, 2.05) is 6.92 Å². The van der Waals surface area contributed by atoms with Gasteiger partial charge in [-0.3, -0.25) is 4.98 Å². The van der Waals surface area contributed by atoms with E-state index >= 15 is 0 Å². The molecule has 1 heterocycles. The van der Waals surface area contributed by atoms with Crippen molar-refractivity contribution in [3.63, 3.8) is 0 Å². The Hall–Kier alpha value is -2.07. The van der Waals surface area contributed by atoms with Gasteiger partial charge < -0.3 is 14.9 Å². The summed E-state index contributed by atoms with van der Waals surface area (Å²) in [7, 11) is 1.63. The number of aliphatic hydroxyl groups excluding tert-OH is 2. The van der Waals surface area contributed by atoms with E-state index < -0.39 is 0 Å². The first-order valence-corrected chi connectivity index (χ1v) is 10.5. The summed E-state index contributed by atoms with van der Waals surface area (Å²) >= 11 is 0. The number of aromatic nitrogens is 2. The Bertz CT molecular complexity index is 1060. The standard InChI is InChI=1S/C21H19N2O.C5H12O2.Pt/c1-13-12-22-19(20(23-13)24-4)14-9-10-16-15-7-5-6-8-17(15)21(2,3)18(16)11-14;1-4(6)3-5(2)7;/h5-8,10-12H,1-4H3;4-7H,3H2,1-2H3;/q-1;;. The van der Waals surface area contributed by atoms with E-state index in [1.165, 1.54) is 22.3 Å². The van der Waals surface area contributed by atoms with E-state index in [1.54, 1.807) is 27.2 Å². The summed E-state index contributed by atoms with van der Waals surface area (Å²) in [6.07, 6.45) is 1.48. The third kappa shape index (κ3) is 5.46. The van der Waals surface area contributed by atoms with Crippen LogP contribution in [-0.2, 0) is 26.5 Å². The molecule has 5 nitrogen and oxygen atoms in total. The number of methoxy groups -OCH3 is 1. The minimum atomic E-state index is -0.375. The van der Waals surface area contributed by atoms with Crippen molar-refractivity contribution in [2.45, 2.75) is 58.7 Å². The molecule has 1 aromatic heterocycles. The van der Waals surface area contributed by atoms with Crippen molar-refractivity contribution < 1.29 is 36.0 Å². The minimum absolute atomic E-state index is 0. The van der Waals surface area contributed by atoms with E-state index in [-0.39, 0.29) is 38.7 Å². The van der Waals surface area contributed by atoms with Gasteiger partial charge in [0.1, 0.15) is 0 Å². The molecule has 0 saturated carbocycles. The Morgan fingerprint density at radius 1 is 1.06 bits per heavy atom.